The average molecular weight is 528 g/mol. The van der Waals surface area contributed by atoms with Gasteiger partial charge in [0, 0.05) is 60.4 Å². The fourth-order valence-corrected chi connectivity index (χ4v) is 7.42. The maximum Gasteiger partial charge on any atom is 0.252 e. The third kappa shape index (κ3) is 5.77. The smallest absolute Gasteiger partial charge is 0.252 e. The van der Waals surface area contributed by atoms with E-state index in [1.807, 2.05) is 30.3 Å². The highest BCUT2D eigenvalue weighted by atomic mass is 16.1. The van der Waals surface area contributed by atoms with E-state index in [0.717, 1.165) is 61.3 Å². The maximum absolute atomic E-state index is 13.1. The molecule has 0 unspecified atom stereocenters. The van der Waals surface area contributed by atoms with Gasteiger partial charge in [0.15, 0.2) is 0 Å². The molecule has 39 heavy (non-hydrogen) atoms. The van der Waals surface area contributed by atoms with E-state index in [0.29, 0.717) is 12.0 Å². The number of aromatic nitrogens is 3. The van der Waals surface area contributed by atoms with Crippen molar-refractivity contribution in [3.8, 4) is 0 Å². The topological polar surface area (TPSA) is 63.1 Å². The van der Waals surface area contributed by atoms with Gasteiger partial charge in [-0.15, -0.1) is 0 Å². The second-order valence-corrected chi connectivity index (χ2v) is 12.5. The minimum Gasteiger partial charge on any atom is -0.349 e. The third-order valence-corrected chi connectivity index (χ3v) is 9.57. The van der Waals surface area contributed by atoms with Crippen LogP contribution in [0.2, 0.25) is 0 Å². The molecule has 1 aromatic carbocycles. The van der Waals surface area contributed by atoms with Crippen LogP contribution in [0.4, 0.5) is 0 Å². The number of carbonyl (C=O) groups is 1. The van der Waals surface area contributed by atoms with Crippen molar-refractivity contribution in [1.29, 1.82) is 0 Å². The van der Waals surface area contributed by atoms with Crippen LogP contribution in [0.1, 0.15) is 118 Å². The van der Waals surface area contributed by atoms with Crippen molar-refractivity contribution in [2.75, 3.05) is 13.1 Å². The minimum atomic E-state index is 0.0367. The Morgan fingerprint density at radius 2 is 1.85 bits per heavy atom. The van der Waals surface area contributed by atoms with Crippen molar-refractivity contribution < 1.29 is 4.79 Å². The highest BCUT2D eigenvalue weighted by molar-refractivity contribution is 6.06. The number of hydrogen-bond acceptors (Lipinski definition) is 4. The Hall–Kier alpha value is -2.73. The number of carbonyl (C=O) groups excluding carboxylic acids is 1. The average Bonchev–Trinajstić information content (AvgIpc) is 3.36. The summed E-state index contributed by atoms with van der Waals surface area (Å²) in [4.78, 5) is 25.4. The second-order valence-electron chi connectivity index (χ2n) is 12.5. The van der Waals surface area contributed by atoms with Crippen molar-refractivity contribution in [2.24, 2.45) is 5.92 Å². The SMILES string of the molecule is CC(C)n1c(C2CCCCC2)nc2c1CCN(CCC1CCC(NC(=O)c3cccc4ncccc34)CC1)C2. The lowest BCUT2D eigenvalue weighted by molar-refractivity contribution is 0.0921. The number of fused-ring (bicyclic) bond motifs is 2. The zero-order chi connectivity index (χ0) is 26.8. The number of rotatable bonds is 7. The molecule has 0 bridgehead atoms. The number of nitrogens with one attached hydrogen (secondary N) is 1. The van der Waals surface area contributed by atoms with Crippen molar-refractivity contribution in [2.45, 2.75) is 109 Å². The van der Waals surface area contributed by atoms with E-state index < -0.39 is 0 Å². The van der Waals surface area contributed by atoms with Gasteiger partial charge in [-0.3, -0.25) is 14.7 Å². The molecular formula is C33H45N5O. The summed E-state index contributed by atoms with van der Waals surface area (Å²) in [6.45, 7) is 8.00. The van der Waals surface area contributed by atoms with Gasteiger partial charge in [0.25, 0.3) is 5.91 Å². The zero-order valence-electron chi connectivity index (χ0n) is 23.9. The van der Waals surface area contributed by atoms with Crippen molar-refractivity contribution in [3.05, 3.63) is 59.3 Å². The lowest BCUT2D eigenvalue weighted by Gasteiger charge is -2.32. The molecule has 1 amide bonds. The second kappa shape index (κ2) is 11.8. The number of amides is 1. The predicted molar refractivity (Wildman–Crippen MR) is 157 cm³/mol. The lowest BCUT2D eigenvalue weighted by Crippen LogP contribution is -2.38. The summed E-state index contributed by atoms with van der Waals surface area (Å²) in [5.41, 5.74) is 4.48. The fourth-order valence-electron chi connectivity index (χ4n) is 7.42. The first kappa shape index (κ1) is 26.5. The van der Waals surface area contributed by atoms with E-state index in [1.54, 1.807) is 6.20 Å². The Balaban J connectivity index is 1.000. The van der Waals surface area contributed by atoms with Crippen LogP contribution in [-0.4, -0.2) is 44.5 Å². The molecule has 6 nitrogen and oxygen atoms in total. The summed E-state index contributed by atoms with van der Waals surface area (Å²) in [5.74, 6) is 2.84. The largest absolute Gasteiger partial charge is 0.349 e. The van der Waals surface area contributed by atoms with Crippen LogP contribution in [0.3, 0.4) is 0 Å². The van der Waals surface area contributed by atoms with Gasteiger partial charge in [0.1, 0.15) is 5.82 Å². The molecule has 3 aromatic rings. The van der Waals surface area contributed by atoms with Gasteiger partial charge in [-0.2, -0.15) is 0 Å². The van der Waals surface area contributed by atoms with Gasteiger partial charge in [0.2, 0.25) is 0 Å². The summed E-state index contributed by atoms with van der Waals surface area (Å²) < 4.78 is 2.60. The molecule has 6 rings (SSSR count). The first-order chi connectivity index (χ1) is 19.1. The molecule has 3 aliphatic rings. The summed E-state index contributed by atoms with van der Waals surface area (Å²) in [6.07, 6.45) is 15.5. The first-order valence-corrected chi connectivity index (χ1v) is 15.5. The highest BCUT2D eigenvalue weighted by Crippen LogP contribution is 2.36. The Morgan fingerprint density at radius 1 is 1.03 bits per heavy atom. The normalized spacial score (nSPS) is 22.7. The van der Waals surface area contributed by atoms with E-state index in [9.17, 15) is 4.79 Å². The van der Waals surface area contributed by atoms with Crippen LogP contribution in [0.25, 0.3) is 10.9 Å². The molecule has 0 radical (unpaired) electrons. The Bertz CT molecular complexity index is 1280. The molecule has 0 spiro atoms. The van der Waals surface area contributed by atoms with Crippen LogP contribution in [0.5, 0.6) is 0 Å². The van der Waals surface area contributed by atoms with Crippen molar-refractivity contribution in [1.82, 2.24) is 24.8 Å². The summed E-state index contributed by atoms with van der Waals surface area (Å²) >= 11 is 0. The summed E-state index contributed by atoms with van der Waals surface area (Å²) in [6, 6.07) is 10.5. The Morgan fingerprint density at radius 3 is 2.64 bits per heavy atom. The van der Waals surface area contributed by atoms with Gasteiger partial charge >= 0.3 is 0 Å². The van der Waals surface area contributed by atoms with E-state index >= 15 is 0 Å². The van der Waals surface area contributed by atoms with Crippen molar-refractivity contribution >= 4 is 16.8 Å². The van der Waals surface area contributed by atoms with Gasteiger partial charge in [-0.1, -0.05) is 31.4 Å². The maximum atomic E-state index is 13.1. The number of nitrogens with zero attached hydrogens (tertiary/aromatic N) is 4. The molecule has 0 saturated heterocycles. The number of imidazole rings is 1. The highest BCUT2D eigenvalue weighted by Gasteiger charge is 2.30. The summed E-state index contributed by atoms with van der Waals surface area (Å²) in [7, 11) is 0. The van der Waals surface area contributed by atoms with Crippen LogP contribution >= 0.6 is 0 Å². The first-order valence-electron chi connectivity index (χ1n) is 15.5. The van der Waals surface area contributed by atoms with E-state index in [2.05, 4.69) is 33.6 Å². The molecule has 2 fully saturated rings. The van der Waals surface area contributed by atoms with Gasteiger partial charge in [-0.05, 0) is 89.5 Å². The molecule has 0 atom stereocenters. The van der Waals surface area contributed by atoms with E-state index in [4.69, 9.17) is 4.98 Å². The molecule has 208 valence electrons. The molecule has 2 saturated carbocycles. The lowest BCUT2D eigenvalue weighted by atomic mass is 9.84. The standard InChI is InChI=1S/C33H45N5O/c1-23(2)38-31-18-21-37(22-30(31)36-32(38)25-8-4-3-5-9-25)20-17-24-13-15-26(16-14-24)35-33(39)28-10-6-12-29-27(28)11-7-19-34-29/h6-7,10-12,19,23-26H,3-5,8-9,13-18,20-22H2,1-2H3,(H,35,39). The van der Waals surface area contributed by atoms with Crippen LogP contribution in [0, 0.1) is 5.92 Å². The van der Waals surface area contributed by atoms with E-state index in [1.165, 1.54) is 68.6 Å². The zero-order valence-corrected chi connectivity index (χ0v) is 23.9. The van der Waals surface area contributed by atoms with Crippen molar-refractivity contribution in [3.63, 3.8) is 0 Å². The fraction of sp³-hybridized carbons (Fsp3) is 0.606. The predicted octanol–water partition coefficient (Wildman–Crippen LogP) is 6.80. The Labute approximate surface area is 233 Å². The molecular weight excluding hydrogens is 482 g/mol. The van der Waals surface area contributed by atoms with Gasteiger partial charge in [0.05, 0.1) is 11.2 Å². The number of pyridine rings is 1. The van der Waals surface area contributed by atoms with Gasteiger partial charge in [-0.25, -0.2) is 4.98 Å². The Kier molecular flexibility index (Phi) is 8.01. The van der Waals surface area contributed by atoms with E-state index in [-0.39, 0.29) is 11.9 Å². The number of benzene rings is 1. The van der Waals surface area contributed by atoms with Crippen LogP contribution in [0.15, 0.2) is 36.5 Å². The molecule has 6 heteroatoms. The minimum absolute atomic E-state index is 0.0367. The van der Waals surface area contributed by atoms with Crippen LogP contribution < -0.4 is 5.32 Å². The summed E-state index contributed by atoms with van der Waals surface area (Å²) in [5, 5.41) is 4.25. The molecule has 1 N–H and O–H groups in total. The quantitative estimate of drug-likeness (QED) is 0.367. The molecule has 2 aromatic heterocycles. The molecule has 2 aliphatic carbocycles. The van der Waals surface area contributed by atoms with Crippen LogP contribution in [-0.2, 0) is 13.0 Å². The van der Waals surface area contributed by atoms with Gasteiger partial charge < -0.3 is 9.88 Å². The molecule has 3 heterocycles. The number of hydrogen-bond donors (Lipinski definition) is 1. The monoisotopic (exact) mass is 527 g/mol. The third-order valence-electron chi connectivity index (χ3n) is 9.57. The molecule has 1 aliphatic heterocycles.